The average molecular weight is 485 g/mol. The normalized spacial score (nSPS) is 12.5. The minimum atomic E-state index is -4.04. The Hall–Kier alpha value is -3.30. The molecule has 170 valence electrons. The summed E-state index contributed by atoms with van der Waals surface area (Å²) in [6.45, 7) is 1.50. The van der Waals surface area contributed by atoms with Crippen molar-refractivity contribution in [3.05, 3.63) is 84.2 Å². The lowest BCUT2D eigenvalue weighted by molar-refractivity contribution is -0.118. The maximum absolute atomic E-state index is 13.5. The number of benzene rings is 3. The minimum absolute atomic E-state index is 0.113. The van der Waals surface area contributed by atoms with E-state index in [-0.39, 0.29) is 11.4 Å². The van der Waals surface area contributed by atoms with Crippen LogP contribution >= 0.6 is 11.3 Å². The third kappa shape index (κ3) is 4.74. The second kappa shape index (κ2) is 9.29. The van der Waals surface area contributed by atoms with E-state index in [0.717, 1.165) is 22.4 Å². The molecule has 1 atom stereocenters. The van der Waals surface area contributed by atoms with Crippen LogP contribution in [0.25, 0.3) is 10.2 Å². The number of carbonyl (C=O) groups is 1. The number of halogens is 1. The van der Waals surface area contributed by atoms with Crippen LogP contribution in [0.3, 0.4) is 0 Å². The van der Waals surface area contributed by atoms with E-state index >= 15 is 0 Å². The van der Waals surface area contributed by atoms with Gasteiger partial charge < -0.3 is 4.74 Å². The number of rotatable bonds is 7. The molecule has 6 nitrogen and oxygen atoms in total. The molecule has 0 saturated heterocycles. The van der Waals surface area contributed by atoms with Gasteiger partial charge in [-0.05, 0) is 55.0 Å². The lowest BCUT2D eigenvalue weighted by Crippen LogP contribution is -2.41. The first-order valence-electron chi connectivity index (χ1n) is 10.1. The Kier molecular flexibility index (Phi) is 6.44. The van der Waals surface area contributed by atoms with Crippen molar-refractivity contribution in [2.75, 3.05) is 12.0 Å². The molecule has 33 heavy (non-hydrogen) atoms. The van der Waals surface area contributed by atoms with Crippen molar-refractivity contribution >= 4 is 42.4 Å². The van der Waals surface area contributed by atoms with E-state index in [1.165, 1.54) is 35.3 Å². The highest BCUT2D eigenvalue weighted by Crippen LogP contribution is 2.33. The van der Waals surface area contributed by atoms with Gasteiger partial charge in [0.2, 0.25) is 5.91 Å². The highest BCUT2D eigenvalue weighted by molar-refractivity contribution is 7.92. The van der Waals surface area contributed by atoms with Crippen LogP contribution in [0.4, 0.5) is 9.52 Å². The van der Waals surface area contributed by atoms with Crippen LogP contribution in [0.2, 0.25) is 0 Å². The molecule has 0 bridgehead atoms. The molecule has 0 aliphatic carbocycles. The van der Waals surface area contributed by atoms with Gasteiger partial charge in [0.15, 0.2) is 15.0 Å². The first-order valence-corrected chi connectivity index (χ1v) is 12.5. The standard InChI is InChI=1S/C24H21FN2O4S2/c1-16(33(29,30)20-11-8-18(25)9-12-20)23(28)27(15-17-6-4-3-5-7-17)24-26-21-13-10-19(31-2)14-22(21)32-24/h3-14,16H,15H2,1-2H3/t16-/m0/s1. The summed E-state index contributed by atoms with van der Waals surface area (Å²) in [7, 11) is -2.48. The molecule has 0 N–H and O–H groups in total. The first kappa shape index (κ1) is 22.9. The Labute approximate surface area is 195 Å². The van der Waals surface area contributed by atoms with E-state index in [9.17, 15) is 17.6 Å². The predicted molar refractivity (Wildman–Crippen MR) is 127 cm³/mol. The number of sulfone groups is 1. The van der Waals surface area contributed by atoms with Gasteiger partial charge in [0, 0.05) is 0 Å². The van der Waals surface area contributed by atoms with Crippen LogP contribution in [0.1, 0.15) is 12.5 Å². The number of amides is 1. The second-order valence-corrected chi connectivity index (χ2v) is 10.7. The molecule has 0 spiro atoms. The molecule has 0 fully saturated rings. The number of ether oxygens (including phenoxy) is 1. The van der Waals surface area contributed by atoms with E-state index in [1.54, 1.807) is 19.2 Å². The van der Waals surface area contributed by atoms with Crippen LogP contribution in [0, 0.1) is 5.82 Å². The summed E-state index contributed by atoms with van der Waals surface area (Å²) in [6, 6.07) is 19.1. The Balaban J connectivity index is 1.74. The summed E-state index contributed by atoms with van der Waals surface area (Å²) in [5.41, 5.74) is 1.50. The topological polar surface area (TPSA) is 76.6 Å². The molecule has 1 amide bonds. The van der Waals surface area contributed by atoms with Crippen molar-refractivity contribution in [1.82, 2.24) is 4.98 Å². The molecule has 1 heterocycles. The zero-order valence-corrected chi connectivity index (χ0v) is 19.6. The summed E-state index contributed by atoms with van der Waals surface area (Å²) >= 11 is 1.28. The van der Waals surface area contributed by atoms with Gasteiger partial charge >= 0.3 is 0 Å². The van der Waals surface area contributed by atoms with Crippen molar-refractivity contribution in [2.24, 2.45) is 0 Å². The van der Waals surface area contributed by atoms with Crippen molar-refractivity contribution < 1.29 is 22.3 Å². The highest BCUT2D eigenvalue weighted by atomic mass is 32.2. The molecule has 3 aromatic carbocycles. The average Bonchev–Trinajstić information content (AvgIpc) is 3.25. The lowest BCUT2D eigenvalue weighted by atomic mass is 10.2. The molecule has 0 saturated carbocycles. The van der Waals surface area contributed by atoms with Gasteiger partial charge in [-0.25, -0.2) is 17.8 Å². The number of carbonyl (C=O) groups excluding carboxylic acids is 1. The zero-order chi connectivity index (χ0) is 23.6. The van der Waals surface area contributed by atoms with Crippen LogP contribution in [0.15, 0.2) is 77.7 Å². The number of anilines is 1. The summed E-state index contributed by atoms with van der Waals surface area (Å²) in [4.78, 5) is 19.4. The summed E-state index contributed by atoms with van der Waals surface area (Å²) in [6.07, 6.45) is 0. The summed E-state index contributed by atoms with van der Waals surface area (Å²) < 4.78 is 45.6. The largest absolute Gasteiger partial charge is 0.497 e. The molecule has 0 radical (unpaired) electrons. The highest BCUT2D eigenvalue weighted by Gasteiger charge is 2.35. The fourth-order valence-corrected chi connectivity index (χ4v) is 5.64. The second-order valence-electron chi connectivity index (χ2n) is 7.38. The molecular formula is C24H21FN2O4S2. The Morgan fingerprint density at radius 1 is 1.09 bits per heavy atom. The fourth-order valence-electron chi connectivity index (χ4n) is 3.32. The van der Waals surface area contributed by atoms with Crippen LogP contribution in [-0.4, -0.2) is 31.7 Å². The van der Waals surface area contributed by atoms with Gasteiger partial charge in [0.05, 0.1) is 28.8 Å². The first-order chi connectivity index (χ1) is 15.8. The van der Waals surface area contributed by atoms with Crippen LogP contribution in [0.5, 0.6) is 5.75 Å². The number of fused-ring (bicyclic) bond motifs is 1. The Morgan fingerprint density at radius 2 is 1.79 bits per heavy atom. The fraction of sp³-hybridized carbons (Fsp3) is 0.167. The van der Waals surface area contributed by atoms with Gasteiger partial charge in [-0.3, -0.25) is 9.69 Å². The van der Waals surface area contributed by atoms with E-state index in [1.807, 2.05) is 36.4 Å². The molecule has 9 heteroatoms. The molecule has 0 aliphatic heterocycles. The maximum Gasteiger partial charge on any atom is 0.247 e. The SMILES string of the molecule is COc1ccc2nc(N(Cc3ccccc3)C(=O)[C@H](C)S(=O)(=O)c3ccc(F)cc3)sc2c1. The molecule has 4 aromatic rings. The minimum Gasteiger partial charge on any atom is -0.497 e. The van der Waals surface area contributed by atoms with Gasteiger partial charge in [0.1, 0.15) is 16.8 Å². The van der Waals surface area contributed by atoms with E-state index in [0.29, 0.717) is 16.4 Å². The number of aromatic nitrogens is 1. The zero-order valence-electron chi connectivity index (χ0n) is 17.9. The third-order valence-electron chi connectivity index (χ3n) is 5.22. The maximum atomic E-state index is 13.5. The van der Waals surface area contributed by atoms with Gasteiger partial charge in [0.25, 0.3) is 0 Å². The lowest BCUT2D eigenvalue weighted by Gasteiger charge is -2.23. The molecular weight excluding hydrogens is 463 g/mol. The number of hydrogen-bond donors (Lipinski definition) is 0. The van der Waals surface area contributed by atoms with Crippen LogP contribution < -0.4 is 9.64 Å². The molecule has 1 aromatic heterocycles. The van der Waals surface area contributed by atoms with Crippen molar-refractivity contribution in [2.45, 2.75) is 23.6 Å². The predicted octanol–water partition coefficient (Wildman–Crippen LogP) is 4.84. The summed E-state index contributed by atoms with van der Waals surface area (Å²) in [5.74, 6) is -0.511. The quantitative estimate of drug-likeness (QED) is 0.351. The van der Waals surface area contributed by atoms with E-state index in [4.69, 9.17) is 4.74 Å². The number of thiazole rings is 1. The Bertz CT molecular complexity index is 1390. The molecule has 0 aliphatic rings. The Morgan fingerprint density at radius 3 is 2.45 bits per heavy atom. The third-order valence-corrected chi connectivity index (χ3v) is 8.32. The van der Waals surface area contributed by atoms with Crippen molar-refractivity contribution in [3.8, 4) is 5.75 Å². The number of hydrogen-bond acceptors (Lipinski definition) is 6. The summed E-state index contributed by atoms with van der Waals surface area (Å²) in [5, 5.41) is -1.01. The van der Waals surface area contributed by atoms with Crippen molar-refractivity contribution in [1.29, 1.82) is 0 Å². The number of nitrogens with zero attached hydrogens (tertiary/aromatic N) is 2. The molecule has 4 rings (SSSR count). The van der Waals surface area contributed by atoms with Gasteiger partial charge in [-0.1, -0.05) is 41.7 Å². The molecule has 0 unspecified atom stereocenters. The number of methoxy groups -OCH3 is 1. The van der Waals surface area contributed by atoms with Crippen LogP contribution in [-0.2, 0) is 21.2 Å². The van der Waals surface area contributed by atoms with E-state index in [2.05, 4.69) is 4.98 Å². The van der Waals surface area contributed by atoms with Crippen molar-refractivity contribution in [3.63, 3.8) is 0 Å². The van der Waals surface area contributed by atoms with Gasteiger partial charge in [-0.2, -0.15) is 0 Å². The smallest absolute Gasteiger partial charge is 0.247 e. The van der Waals surface area contributed by atoms with Gasteiger partial charge in [-0.15, -0.1) is 0 Å². The monoisotopic (exact) mass is 484 g/mol. The van der Waals surface area contributed by atoms with E-state index < -0.39 is 26.8 Å².